The number of hydrogen-bond donors (Lipinski definition) is 2. The predicted octanol–water partition coefficient (Wildman–Crippen LogP) is 0.0850. The number of nitrogens with one attached hydrogen (secondary N) is 1. The summed E-state index contributed by atoms with van der Waals surface area (Å²) in [5.74, 6) is -0.0166. The molecule has 1 fully saturated rings. The van der Waals surface area contributed by atoms with Crippen LogP contribution in [0.3, 0.4) is 0 Å². The van der Waals surface area contributed by atoms with Crippen molar-refractivity contribution in [2.45, 2.75) is 20.0 Å². The van der Waals surface area contributed by atoms with Crippen molar-refractivity contribution in [1.82, 2.24) is 9.80 Å². The zero-order valence-corrected chi connectivity index (χ0v) is 9.90. The predicted molar refractivity (Wildman–Crippen MR) is 61.5 cm³/mol. The van der Waals surface area contributed by atoms with Gasteiger partial charge < -0.3 is 20.3 Å². The first-order valence-electron chi connectivity index (χ1n) is 5.59. The van der Waals surface area contributed by atoms with E-state index in [1.165, 1.54) is 0 Å². The molecule has 1 heterocycles. The van der Waals surface area contributed by atoms with Crippen LogP contribution in [0.4, 0.5) is 4.79 Å². The third kappa shape index (κ3) is 2.85. The standard InChI is InChI=1S/C10H20N4O2/c1-3-13(4-2)10(15)14-5-6-16-8(7-14)9(11)12/h8H,3-7H2,1-2H3,(H3,11,12). The van der Waals surface area contributed by atoms with Gasteiger partial charge in [0.15, 0.2) is 0 Å². The molecule has 1 unspecified atom stereocenters. The summed E-state index contributed by atoms with van der Waals surface area (Å²) in [6, 6.07) is -0.000417. The number of urea groups is 1. The SMILES string of the molecule is CCN(CC)C(=O)N1CCOC(C(=N)N)C1. The zero-order chi connectivity index (χ0) is 12.1. The minimum atomic E-state index is -0.451. The van der Waals surface area contributed by atoms with Crippen molar-refractivity contribution >= 4 is 11.9 Å². The van der Waals surface area contributed by atoms with Crippen LogP contribution in [0.1, 0.15) is 13.8 Å². The number of rotatable bonds is 3. The molecule has 1 aliphatic rings. The first-order chi connectivity index (χ1) is 7.60. The number of carbonyl (C=O) groups is 1. The molecule has 92 valence electrons. The van der Waals surface area contributed by atoms with Gasteiger partial charge in [-0.3, -0.25) is 5.41 Å². The molecule has 1 saturated heterocycles. The molecule has 0 aromatic heterocycles. The molecule has 1 rings (SSSR count). The van der Waals surface area contributed by atoms with E-state index in [-0.39, 0.29) is 11.9 Å². The van der Waals surface area contributed by atoms with Crippen LogP contribution in [-0.4, -0.2) is 60.6 Å². The summed E-state index contributed by atoms with van der Waals surface area (Å²) in [4.78, 5) is 15.5. The number of nitrogens with zero attached hydrogens (tertiary/aromatic N) is 2. The van der Waals surface area contributed by atoms with Crippen LogP contribution in [-0.2, 0) is 4.74 Å². The van der Waals surface area contributed by atoms with Crippen LogP contribution < -0.4 is 5.73 Å². The lowest BCUT2D eigenvalue weighted by molar-refractivity contribution is 0.0143. The van der Waals surface area contributed by atoms with Gasteiger partial charge in [0.2, 0.25) is 0 Å². The van der Waals surface area contributed by atoms with E-state index in [0.29, 0.717) is 32.8 Å². The third-order valence-electron chi connectivity index (χ3n) is 2.72. The van der Waals surface area contributed by atoms with Gasteiger partial charge in [-0.25, -0.2) is 4.79 Å². The van der Waals surface area contributed by atoms with Crippen molar-refractivity contribution in [3.05, 3.63) is 0 Å². The van der Waals surface area contributed by atoms with Crippen molar-refractivity contribution in [2.24, 2.45) is 5.73 Å². The quantitative estimate of drug-likeness (QED) is 0.530. The van der Waals surface area contributed by atoms with Gasteiger partial charge >= 0.3 is 6.03 Å². The molecule has 16 heavy (non-hydrogen) atoms. The molecule has 2 amide bonds. The number of carbonyl (C=O) groups excluding carboxylic acids is 1. The van der Waals surface area contributed by atoms with Crippen LogP contribution in [0.5, 0.6) is 0 Å². The molecule has 3 N–H and O–H groups in total. The smallest absolute Gasteiger partial charge is 0.320 e. The van der Waals surface area contributed by atoms with Crippen LogP contribution in [0.25, 0.3) is 0 Å². The van der Waals surface area contributed by atoms with Crippen LogP contribution in [0, 0.1) is 5.41 Å². The average molecular weight is 228 g/mol. The highest BCUT2D eigenvalue weighted by Gasteiger charge is 2.27. The summed E-state index contributed by atoms with van der Waals surface area (Å²) in [5.41, 5.74) is 5.38. The van der Waals surface area contributed by atoms with E-state index < -0.39 is 6.10 Å². The van der Waals surface area contributed by atoms with Crippen molar-refractivity contribution < 1.29 is 9.53 Å². The first-order valence-corrected chi connectivity index (χ1v) is 5.59. The van der Waals surface area contributed by atoms with Gasteiger partial charge in [0.05, 0.1) is 13.2 Å². The normalized spacial score (nSPS) is 20.6. The third-order valence-corrected chi connectivity index (χ3v) is 2.72. The van der Waals surface area contributed by atoms with Crippen molar-refractivity contribution in [1.29, 1.82) is 5.41 Å². The Balaban J connectivity index is 2.59. The molecule has 1 atom stereocenters. The van der Waals surface area contributed by atoms with E-state index >= 15 is 0 Å². The van der Waals surface area contributed by atoms with Crippen molar-refractivity contribution in [3.63, 3.8) is 0 Å². The Labute approximate surface area is 95.8 Å². The second-order valence-electron chi connectivity index (χ2n) is 3.72. The fourth-order valence-corrected chi connectivity index (χ4v) is 1.71. The van der Waals surface area contributed by atoms with Crippen LogP contribution in [0.15, 0.2) is 0 Å². The second-order valence-corrected chi connectivity index (χ2v) is 3.72. The van der Waals surface area contributed by atoms with E-state index in [9.17, 15) is 4.79 Å². The molecule has 1 aliphatic heterocycles. The Bertz CT molecular complexity index is 266. The number of ether oxygens (including phenoxy) is 1. The molecule has 0 saturated carbocycles. The minimum Gasteiger partial charge on any atom is -0.385 e. The van der Waals surface area contributed by atoms with Crippen molar-refractivity contribution in [3.8, 4) is 0 Å². The molecule has 0 aromatic carbocycles. The highest BCUT2D eigenvalue weighted by molar-refractivity contribution is 5.83. The lowest BCUT2D eigenvalue weighted by atomic mass is 10.2. The number of amidine groups is 1. The van der Waals surface area contributed by atoms with Crippen LogP contribution in [0.2, 0.25) is 0 Å². The molecule has 0 radical (unpaired) electrons. The molecular weight excluding hydrogens is 208 g/mol. The zero-order valence-electron chi connectivity index (χ0n) is 9.90. The highest BCUT2D eigenvalue weighted by atomic mass is 16.5. The Morgan fingerprint density at radius 3 is 2.69 bits per heavy atom. The fourth-order valence-electron chi connectivity index (χ4n) is 1.71. The summed E-state index contributed by atoms with van der Waals surface area (Å²) in [6.45, 7) is 6.67. The Kier molecular flexibility index (Phi) is 4.54. The van der Waals surface area contributed by atoms with E-state index in [0.717, 1.165) is 0 Å². The summed E-state index contributed by atoms with van der Waals surface area (Å²) >= 11 is 0. The van der Waals surface area contributed by atoms with E-state index in [1.54, 1.807) is 9.80 Å². The number of nitrogens with two attached hydrogens (primary N) is 1. The van der Waals surface area contributed by atoms with Gasteiger partial charge in [-0.2, -0.15) is 0 Å². The molecular formula is C10H20N4O2. The van der Waals surface area contributed by atoms with Gasteiger partial charge in [-0.05, 0) is 13.8 Å². The maximum Gasteiger partial charge on any atom is 0.320 e. The molecule has 6 heteroatoms. The Hall–Kier alpha value is -1.30. The van der Waals surface area contributed by atoms with E-state index in [2.05, 4.69) is 0 Å². The molecule has 0 spiro atoms. The highest BCUT2D eigenvalue weighted by Crippen LogP contribution is 2.08. The topological polar surface area (TPSA) is 82.7 Å². The van der Waals surface area contributed by atoms with Gasteiger partial charge in [-0.15, -0.1) is 0 Å². The Morgan fingerprint density at radius 2 is 2.19 bits per heavy atom. The maximum absolute atomic E-state index is 12.0. The van der Waals surface area contributed by atoms with Gasteiger partial charge in [0.1, 0.15) is 11.9 Å². The summed E-state index contributed by atoms with van der Waals surface area (Å²) in [7, 11) is 0. The van der Waals surface area contributed by atoms with Crippen LogP contribution >= 0.6 is 0 Å². The molecule has 0 aromatic rings. The van der Waals surface area contributed by atoms with Gasteiger partial charge in [0, 0.05) is 19.6 Å². The molecule has 0 bridgehead atoms. The second kappa shape index (κ2) is 5.69. The molecule has 0 aliphatic carbocycles. The maximum atomic E-state index is 12.0. The van der Waals surface area contributed by atoms with Gasteiger partial charge in [0.25, 0.3) is 0 Å². The summed E-state index contributed by atoms with van der Waals surface area (Å²) in [5, 5.41) is 7.32. The monoisotopic (exact) mass is 228 g/mol. The summed E-state index contributed by atoms with van der Waals surface area (Å²) < 4.78 is 5.30. The first kappa shape index (κ1) is 12.8. The Morgan fingerprint density at radius 1 is 1.56 bits per heavy atom. The van der Waals surface area contributed by atoms with E-state index in [4.69, 9.17) is 15.9 Å². The number of amides is 2. The average Bonchev–Trinajstić information content (AvgIpc) is 2.30. The lowest BCUT2D eigenvalue weighted by Gasteiger charge is -2.35. The largest absolute Gasteiger partial charge is 0.385 e. The summed E-state index contributed by atoms with van der Waals surface area (Å²) in [6.07, 6.45) is -0.451. The number of hydrogen-bond acceptors (Lipinski definition) is 3. The van der Waals surface area contributed by atoms with Gasteiger partial charge in [-0.1, -0.05) is 0 Å². The lowest BCUT2D eigenvalue weighted by Crippen LogP contribution is -2.53. The van der Waals surface area contributed by atoms with E-state index in [1.807, 2.05) is 13.8 Å². The molecule has 6 nitrogen and oxygen atoms in total. The fraction of sp³-hybridized carbons (Fsp3) is 0.800. The number of morpholine rings is 1. The van der Waals surface area contributed by atoms with Crippen molar-refractivity contribution in [2.75, 3.05) is 32.8 Å². The minimum absolute atomic E-state index is 0.000417.